The molecule has 7 nitrogen and oxygen atoms in total. The van der Waals surface area contributed by atoms with Crippen LogP contribution in [0.2, 0.25) is 0 Å². The van der Waals surface area contributed by atoms with Gasteiger partial charge in [-0.05, 0) is 66.6 Å². The molecule has 0 saturated carbocycles. The van der Waals surface area contributed by atoms with Crippen LogP contribution in [0.5, 0.6) is 0 Å². The fraction of sp³-hybridized carbons (Fsp3) is 0.292. The molecule has 1 unspecified atom stereocenters. The lowest BCUT2D eigenvalue weighted by Crippen LogP contribution is -2.34. The summed E-state index contributed by atoms with van der Waals surface area (Å²) in [6, 6.07) is 18.0. The average molecular weight is 486 g/mol. The van der Waals surface area contributed by atoms with E-state index in [-0.39, 0.29) is 6.54 Å². The number of allylic oxidation sites excluding steroid dienone is 1. The van der Waals surface area contributed by atoms with E-state index in [2.05, 4.69) is 53.8 Å². The normalized spacial score (nSPS) is 13.1. The van der Waals surface area contributed by atoms with Gasteiger partial charge in [-0.2, -0.15) is 5.26 Å². The van der Waals surface area contributed by atoms with E-state index in [1.165, 1.54) is 23.1 Å². The second kappa shape index (κ2) is 10.9. The van der Waals surface area contributed by atoms with Gasteiger partial charge in [-0.25, -0.2) is 13.1 Å². The Hall–Kier alpha value is -2.74. The molecule has 0 saturated heterocycles. The third-order valence-electron chi connectivity index (χ3n) is 5.26. The van der Waals surface area contributed by atoms with Gasteiger partial charge in [0.1, 0.15) is 6.07 Å². The fourth-order valence-electron chi connectivity index (χ4n) is 3.40. The Kier molecular flexibility index (Phi) is 8.24. The zero-order valence-corrected chi connectivity index (χ0v) is 20.2. The predicted octanol–water partition coefficient (Wildman–Crippen LogP) is 3.55. The summed E-state index contributed by atoms with van der Waals surface area (Å²) in [7, 11) is -4.09. The van der Waals surface area contributed by atoms with E-state index in [1.807, 2.05) is 12.1 Å². The molecule has 0 amide bonds. The topological polar surface area (TPSA) is 114 Å². The van der Waals surface area contributed by atoms with Gasteiger partial charge < -0.3 is 15.1 Å². The van der Waals surface area contributed by atoms with Crippen molar-refractivity contribution in [3.8, 4) is 16.5 Å². The van der Waals surface area contributed by atoms with Crippen molar-refractivity contribution in [2.24, 2.45) is 0 Å². The van der Waals surface area contributed by atoms with Crippen LogP contribution in [0.1, 0.15) is 18.7 Å². The van der Waals surface area contributed by atoms with E-state index >= 15 is 0 Å². The zero-order chi connectivity index (χ0) is 24.0. The number of hydrogen-bond donors (Lipinski definition) is 3. The molecule has 1 aromatic heterocycles. The van der Waals surface area contributed by atoms with Crippen LogP contribution < -0.4 is 9.62 Å². The summed E-state index contributed by atoms with van der Waals surface area (Å²) in [6.45, 7) is 5.22. The molecular weight excluding hydrogens is 458 g/mol. The highest BCUT2D eigenvalue weighted by Gasteiger charge is 2.19. The first-order valence-electron chi connectivity index (χ1n) is 10.6. The maximum atomic E-state index is 12.3. The molecule has 2 aromatic carbocycles. The predicted molar refractivity (Wildman–Crippen MR) is 134 cm³/mol. The summed E-state index contributed by atoms with van der Waals surface area (Å²) in [5, 5.41) is 29.8. The average Bonchev–Trinajstić information content (AvgIpc) is 3.30. The minimum absolute atomic E-state index is 0.374. The number of hydrogen-bond acceptors (Lipinski definition) is 7. The number of sulfonamides is 1. The van der Waals surface area contributed by atoms with Gasteiger partial charge in [0, 0.05) is 35.1 Å². The van der Waals surface area contributed by atoms with Crippen molar-refractivity contribution in [3.63, 3.8) is 0 Å². The second-order valence-corrected chi connectivity index (χ2v) is 10.3. The Morgan fingerprint density at radius 2 is 1.85 bits per heavy atom. The molecule has 1 atom stereocenters. The van der Waals surface area contributed by atoms with Crippen molar-refractivity contribution in [1.29, 1.82) is 5.26 Å². The molecule has 0 radical (unpaired) electrons. The molecule has 3 aromatic rings. The number of aliphatic hydroxyl groups excluding tert-OH is 2. The fourth-order valence-corrected chi connectivity index (χ4v) is 5.40. The highest BCUT2D eigenvalue weighted by molar-refractivity contribution is 7.93. The minimum atomic E-state index is -4.09. The molecule has 3 N–H and O–H groups in total. The Morgan fingerprint density at radius 3 is 2.52 bits per heavy atom. The smallest absolute Gasteiger partial charge is 0.250 e. The molecule has 9 heteroatoms. The maximum Gasteiger partial charge on any atom is 0.250 e. The van der Waals surface area contributed by atoms with Gasteiger partial charge in [0.25, 0.3) is 10.0 Å². The van der Waals surface area contributed by atoms with Crippen molar-refractivity contribution >= 4 is 43.9 Å². The molecular formula is C24H27N3O4S2. The second-order valence-electron chi connectivity index (χ2n) is 7.43. The molecule has 0 bridgehead atoms. The number of rotatable bonds is 10. The van der Waals surface area contributed by atoms with E-state index in [1.54, 1.807) is 12.1 Å². The minimum Gasteiger partial charge on any atom is -0.394 e. The van der Waals surface area contributed by atoms with E-state index in [0.29, 0.717) is 4.88 Å². The van der Waals surface area contributed by atoms with Crippen LogP contribution in [0.25, 0.3) is 27.3 Å². The molecule has 0 fully saturated rings. The Balaban J connectivity index is 1.85. The molecule has 0 spiro atoms. The number of nitrogens with one attached hydrogen (secondary N) is 1. The summed E-state index contributed by atoms with van der Waals surface area (Å²) in [6.07, 6.45) is 0.0724. The maximum absolute atomic E-state index is 12.3. The van der Waals surface area contributed by atoms with Crippen LogP contribution in [0.15, 0.2) is 53.4 Å². The van der Waals surface area contributed by atoms with Crippen LogP contribution in [-0.2, 0) is 10.0 Å². The van der Waals surface area contributed by atoms with Gasteiger partial charge in [-0.3, -0.25) is 0 Å². The number of aliphatic hydroxyl groups is 2. The third kappa shape index (κ3) is 5.99. The quantitative estimate of drug-likeness (QED) is 0.379. The molecule has 0 aliphatic rings. The molecule has 174 valence electrons. The van der Waals surface area contributed by atoms with Gasteiger partial charge in [-0.1, -0.05) is 18.2 Å². The number of thiophene rings is 1. The molecule has 3 rings (SSSR count). The Morgan fingerprint density at radius 1 is 1.15 bits per heavy atom. The summed E-state index contributed by atoms with van der Waals surface area (Å²) >= 11 is 1.38. The van der Waals surface area contributed by atoms with Crippen molar-refractivity contribution < 1.29 is 18.6 Å². The van der Waals surface area contributed by atoms with Gasteiger partial charge in [0.05, 0.1) is 12.7 Å². The highest BCUT2D eigenvalue weighted by Crippen LogP contribution is 2.33. The molecule has 1 heterocycles. The van der Waals surface area contributed by atoms with E-state index in [9.17, 15) is 18.8 Å². The van der Waals surface area contributed by atoms with Crippen LogP contribution in [0.3, 0.4) is 0 Å². The van der Waals surface area contributed by atoms with E-state index in [0.717, 1.165) is 34.3 Å². The molecule has 0 aliphatic carbocycles. The lowest BCUT2D eigenvalue weighted by molar-refractivity contribution is 0.0989. The largest absolute Gasteiger partial charge is 0.394 e. The van der Waals surface area contributed by atoms with Gasteiger partial charge >= 0.3 is 0 Å². The lowest BCUT2D eigenvalue weighted by atomic mass is 10.0. The SMILES string of the molecule is CCN(CC)c1ccc2cc(-c3ccc(C=C(C#N)S(=O)(=O)NCC(O)CO)s3)ccc2c1. The first-order chi connectivity index (χ1) is 15.8. The van der Waals surface area contributed by atoms with Crippen molar-refractivity contribution in [3.05, 3.63) is 58.3 Å². The van der Waals surface area contributed by atoms with E-state index in [4.69, 9.17) is 5.11 Å². The lowest BCUT2D eigenvalue weighted by Gasteiger charge is -2.21. The van der Waals surface area contributed by atoms with Gasteiger partial charge in [0.2, 0.25) is 0 Å². The zero-order valence-electron chi connectivity index (χ0n) is 18.5. The number of anilines is 1. The monoisotopic (exact) mass is 485 g/mol. The van der Waals surface area contributed by atoms with Crippen LogP contribution >= 0.6 is 11.3 Å². The van der Waals surface area contributed by atoms with Crippen LogP contribution in [-0.4, -0.2) is 51.0 Å². The third-order valence-corrected chi connectivity index (χ3v) is 7.67. The number of nitrogens with zero attached hydrogens (tertiary/aromatic N) is 2. The Bertz CT molecular complexity index is 1290. The van der Waals surface area contributed by atoms with Crippen molar-refractivity contribution in [2.45, 2.75) is 20.0 Å². The summed E-state index contributed by atoms with van der Waals surface area (Å²) in [5.74, 6) is 0. The van der Waals surface area contributed by atoms with Crippen molar-refractivity contribution in [2.75, 3.05) is 31.1 Å². The molecule has 0 aliphatic heterocycles. The summed E-state index contributed by atoms with van der Waals surface area (Å²) in [4.78, 5) is 3.41. The number of fused-ring (bicyclic) bond motifs is 1. The summed E-state index contributed by atoms with van der Waals surface area (Å²) in [5.41, 5.74) is 2.20. The van der Waals surface area contributed by atoms with Gasteiger partial charge in [0.15, 0.2) is 4.91 Å². The summed E-state index contributed by atoms with van der Waals surface area (Å²) < 4.78 is 26.8. The van der Waals surface area contributed by atoms with Crippen LogP contribution in [0.4, 0.5) is 5.69 Å². The van der Waals surface area contributed by atoms with Gasteiger partial charge in [-0.15, -0.1) is 11.3 Å². The van der Waals surface area contributed by atoms with E-state index < -0.39 is 27.6 Å². The van der Waals surface area contributed by atoms with Crippen LogP contribution in [0, 0.1) is 11.3 Å². The number of nitriles is 1. The Labute approximate surface area is 198 Å². The number of benzene rings is 2. The first kappa shape index (κ1) is 24.9. The standard InChI is InChI=1S/C24H27N3O4S2/c1-3-27(4-2)20-8-7-17-11-19(6-5-18(17)12-20)24-10-9-22(32-24)13-23(14-25)33(30,31)26-15-21(29)16-28/h5-13,21,26,28-29H,3-4,15-16H2,1-2H3. The highest BCUT2D eigenvalue weighted by atomic mass is 32.2. The van der Waals surface area contributed by atoms with Crippen molar-refractivity contribution in [1.82, 2.24) is 4.72 Å². The molecule has 33 heavy (non-hydrogen) atoms. The first-order valence-corrected chi connectivity index (χ1v) is 12.9.